The minimum atomic E-state index is -4.13. The predicted molar refractivity (Wildman–Crippen MR) is 157 cm³/mol. The van der Waals surface area contributed by atoms with Crippen LogP contribution in [0.5, 0.6) is 5.75 Å². The summed E-state index contributed by atoms with van der Waals surface area (Å²) in [5.74, 6) is 5.08. The summed E-state index contributed by atoms with van der Waals surface area (Å²) in [4.78, 5) is 12.1. The SMILES string of the molecule is CC#CCOc1ccc(S(=O)(=O)NC(Cc2cn(Cc3ccc(C(C)C)cc3)c3ccc(Cl)cc23)C(=O)O)cc1. The van der Waals surface area contributed by atoms with E-state index in [1.807, 2.05) is 16.8 Å². The minimum absolute atomic E-state index is 0.0667. The van der Waals surface area contributed by atoms with Crippen LogP contribution in [0.2, 0.25) is 5.02 Å². The number of hydrogen-bond donors (Lipinski definition) is 2. The number of hydrogen-bond acceptors (Lipinski definition) is 4. The number of carboxylic acids is 1. The standard InChI is InChI=1S/C31H31ClN2O5S/c1-4-5-16-39-26-11-13-27(14-12-26)40(37,38)33-29(31(35)36)17-24-20-34(30-15-10-25(32)18-28(24)30)19-22-6-8-23(9-7-22)21(2)3/h6-15,18,20-21,29,33H,16-17,19H2,1-3H3,(H,35,36). The highest BCUT2D eigenvalue weighted by Gasteiger charge is 2.27. The summed E-state index contributed by atoms with van der Waals surface area (Å²) in [5.41, 5.74) is 3.89. The van der Waals surface area contributed by atoms with Crippen molar-refractivity contribution in [1.82, 2.24) is 9.29 Å². The number of nitrogens with one attached hydrogen (secondary N) is 1. The van der Waals surface area contributed by atoms with Crippen LogP contribution in [-0.2, 0) is 27.8 Å². The van der Waals surface area contributed by atoms with Crippen LogP contribution in [0.25, 0.3) is 10.9 Å². The van der Waals surface area contributed by atoms with E-state index in [1.54, 1.807) is 19.1 Å². The number of rotatable bonds is 11. The van der Waals surface area contributed by atoms with Crippen molar-refractivity contribution in [3.63, 3.8) is 0 Å². The summed E-state index contributed by atoms with van der Waals surface area (Å²) in [6.07, 6.45) is 1.80. The van der Waals surface area contributed by atoms with E-state index in [4.69, 9.17) is 16.3 Å². The topological polar surface area (TPSA) is 97.6 Å². The lowest BCUT2D eigenvalue weighted by Gasteiger charge is -2.15. The first-order valence-electron chi connectivity index (χ1n) is 12.8. The van der Waals surface area contributed by atoms with Crippen LogP contribution in [0.15, 0.2) is 77.8 Å². The molecule has 7 nitrogen and oxygen atoms in total. The Morgan fingerprint density at radius 2 is 1.77 bits per heavy atom. The van der Waals surface area contributed by atoms with Gasteiger partial charge in [0.2, 0.25) is 10.0 Å². The number of aliphatic carboxylic acids is 1. The van der Waals surface area contributed by atoms with Crippen LogP contribution in [0.1, 0.15) is 43.4 Å². The molecule has 0 radical (unpaired) electrons. The molecular formula is C31H31ClN2O5S. The van der Waals surface area contributed by atoms with E-state index in [9.17, 15) is 18.3 Å². The van der Waals surface area contributed by atoms with Gasteiger partial charge in [-0.05, 0) is 72.0 Å². The molecular weight excluding hydrogens is 548 g/mol. The highest BCUT2D eigenvalue weighted by Crippen LogP contribution is 2.28. The van der Waals surface area contributed by atoms with E-state index < -0.39 is 22.0 Å². The fraction of sp³-hybridized carbons (Fsp3) is 0.258. The van der Waals surface area contributed by atoms with Gasteiger partial charge in [-0.1, -0.05) is 55.6 Å². The molecule has 40 heavy (non-hydrogen) atoms. The molecule has 0 spiro atoms. The summed E-state index contributed by atoms with van der Waals surface area (Å²) in [7, 11) is -4.13. The van der Waals surface area contributed by atoms with Gasteiger partial charge in [-0.3, -0.25) is 4.79 Å². The first-order valence-corrected chi connectivity index (χ1v) is 14.7. The van der Waals surface area contributed by atoms with Crippen molar-refractivity contribution in [2.75, 3.05) is 6.61 Å². The van der Waals surface area contributed by atoms with Gasteiger partial charge in [-0.2, -0.15) is 4.72 Å². The molecule has 0 bridgehead atoms. The van der Waals surface area contributed by atoms with Gasteiger partial charge in [-0.15, -0.1) is 5.92 Å². The number of carbonyl (C=O) groups is 1. The van der Waals surface area contributed by atoms with Gasteiger partial charge in [-0.25, -0.2) is 8.42 Å². The molecule has 0 saturated carbocycles. The second kappa shape index (κ2) is 12.6. The summed E-state index contributed by atoms with van der Waals surface area (Å²) >= 11 is 6.29. The Hall–Kier alpha value is -3.77. The third-order valence-electron chi connectivity index (χ3n) is 6.57. The fourth-order valence-corrected chi connectivity index (χ4v) is 5.76. The van der Waals surface area contributed by atoms with Crippen molar-refractivity contribution in [2.45, 2.75) is 50.6 Å². The van der Waals surface area contributed by atoms with Crippen LogP contribution in [-0.4, -0.2) is 36.7 Å². The van der Waals surface area contributed by atoms with E-state index in [1.165, 1.54) is 29.8 Å². The van der Waals surface area contributed by atoms with Crippen LogP contribution in [0.3, 0.4) is 0 Å². The molecule has 4 aromatic rings. The lowest BCUT2D eigenvalue weighted by atomic mass is 10.0. The molecule has 9 heteroatoms. The first kappa shape index (κ1) is 29.2. The Morgan fingerprint density at radius 1 is 1.07 bits per heavy atom. The molecule has 2 N–H and O–H groups in total. The minimum Gasteiger partial charge on any atom is -0.481 e. The Morgan fingerprint density at radius 3 is 2.40 bits per heavy atom. The van der Waals surface area contributed by atoms with Crippen LogP contribution in [0, 0.1) is 11.8 Å². The molecule has 3 aromatic carbocycles. The quantitative estimate of drug-likeness (QED) is 0.218. The molecule has 0 amide bonds. The van der Waals surface area contributed by atoms with Crippen LogP contribution < -0.4 is 9.46 Å². The highest BCUT2D eigenvalue weighted by molar-refractivity contribution is 7.89. The summed E-state index contributed by atoms with van der Waals surface area (Å²) in [6.45, 7) is 6.74. The molecule has 0 saturated heterocycles. The molecule has 4 rings (SSSR count). The largest absolute Gasteiger partial charge is 0.481 e. The third kappa shape index (κ3) is 7.05. The van der Waals surface area contributed by atoms with Crippen molar-refractivity contribution in [1.29, 1.82) is 0 Å². The van der Waals surface area contributed by atoms with Gasteiger partial charge in [0.25, 0.3) is 0 Å². The average Bonchev–Trinajstić information content (AvgIpc) is 3.24. The van der Waals surface area contributed by atoms with Crippen LogP contribution in [0.4, 0.5) is 0 Å². The number of sulfonamides is 1. The smallest absolute Gasteiger partial charge is 0.322 e. The van der Waals surface area contributed by atoms with Gasteiger partial charge in [0.05, 0.1) is 4.90 Å². The van der Waals surface area contributed by atoms with E-state index in [0.717, 1.165) is 16.5 Å². The van der Waals surface area contributed by atoms with Gasteiger partial charge in [0.15, 0.2) is 0 Å². The molecule has 0 aliphatic rings. The second-order valence-corrected chi connectivity index (χ2v) is 11.9. The van der Waals surface area contributed by atoms with Crippen molar-refractivity contribution < 1.29 is 23.1 Å². The zero-order chi connectivity index (χ0) is 28.9. The normalized spacial score (nSPS) is 12.2. The lowest BCUT2D eigenvalue weighted by Crippen LogP contribution is -2.42. The number of fused-ring (bicyclic) bond motifs is 1. The molecule has 1 atom stereocenters. The Kier molecular flexibility index (Phi) is 9.21. The molecule has 0 fully saturated rings. The maximum atomic E-state index is 13.1. The summed E-state index contributed by atoms with van der Waals surface area (Å²) in [6, 6.07) is 18.2. The molecule has 0 aliphatic carbocycles. The van der Waals surface area contributed by atoms with Gasteiger partial charge >= 0.3 is 5.97 Å². The summed E-state index contributed by atoms with van der Waals surface area (Å²) < 4.78 is 36.0. The number of halogens is 1. The van der Waals surface area contributed by atoms with Crippen molar-refractivity contribution in [3.8, 4) is 17.6 Å². The molecule has 208 valence electrons. The van der Waals surface area contributed by atoms with E-state index in [2.05, 4.69) is 54.7 Å². The molecule has 1 unspecified atom stereocenters. The Balaban J connectivity index is 1.58. The second-order valence-electron chi connectivity index (χ2n) is 9.74. The monoisotopic (exact) mass is 578 g/mol. The molecule has 1 heterocycles. The predicted octanol–water partition coefficient (Wildman–Crippen LogP) is 5.84. The molecule has 0 aliphatic heterocycles. The maximum Gasteiger partial charge on any atom is 0.322 e. The lowest BCUT2D eigenvalue weighted by molar-refractivity contribution is -0.138. The zero-order valence-electron chi connectivity index (χ0n) is 22.5. The average molecular weight is 579 g/mol. The van der Waals surface area contributed by atoms with E-state index >= 15 is 0 Å². The first-order chi connectivity index (χ1) is 19.1. The Bertz CT molecular complexity index is 1670. The number of nitrogens with zero attached hydrogens (tertiary/aromatic N) is 1. The zero-order valence-corrected chi connectivity index (χ0v) is 24.1. The van der Waals surface area contributed by atoms with Crippen molar-refractivity contribution >= 4 is 38.5 Å². The van der Waals surface area contributed by atoms with Gasteiger partial charge < -0.3 is 14.4 Å². The van der Waals surface area contributed by atoms with Crippen molar-refractivity contribution in [2.24, 2.45) is 0 Å². The highest BCUT2D eigenvalue weighted by atomic mass is 35.5. The van der Waals surface area contributed by atoms with E-state index in [-0.39, 0.29) is 17.9 Å². The third-order valence-corrected chi connectivity index (χ3v) is 8.29. The maximum absolute atomic E-state index is 13.1. The van der Waals surface area contributed by atoms with Gasteiger partial charge in [0, 0.05) is 35.1 Å². The Labute approximate surface area is 239 Å². The summed E-state index contributed by atoms with van der Waals surface area (Å²) in [5, 5.41) is 11.2. The fourth-order valence-electron chi connectivity index (χ4n) is 4.40. The van der Waals surface area contributed by atoms with E-state index in [0.29, 0.717) is 28.8 Å². The molecule has 1 aromatic heterocycles. The van der Waals surface area contributed by atoms with Crippen LogP contribution >= 0.6 is 11.6 Å². The van der Waals surface area contributed by atoms with Crippen molar-refractivity contribution in [3.05, 3.63) is 94.6 Å². The number of benzene rings is 3. The number of aromatic nitrogens is 1. The van der Waals surface area contributed by atoms with Gasteiger partial charge in [0.1, 0.15) is 18.4 Å². The number of carboxylic acid groups (broad SMARTS) is 1. The number of ether oxygens (including phenoxy) is 1.